The monoisotopic (exact) mass is 209 g/mol. The molecule has 0 amide bonds. The van der Waals surface area contributed by atoms with E-state index in [9.17, 15) is 0 Å². The zero-order valence-corrected chi connectivity index (χ0v) is 10.3. The van der Waals surface area contributed by atoms with Gasteiger partial charge in [-0.15, -0.1) is 0 Å². The minimum absolute atomic E-state index is 0.579. The molecule has 0 fully saturated rings. The Morgan fingerprint density at radius 1 is 1.40 bits per heavy atom. The molecule has 2 unspecified atom stereocenters. The number of nitrogens with one attached hydrogen (secondary N) is 1. The summed E-state index contributed by atoms with van der Waals surface area (Å²) in [5.41, 5.74) is 1.35. The summed E-state index contributed by atoms with van der Waals surface area (Å²) in [4.78, 5) is 0. The maximum Gasteiger partial charge on any atom is 0.0524 e. The zero-order valence-electron chi connectivity index (χ0n) is 10.3. The van der Waals surface area contributed by atoms with Crippen molar-refractivity contribution in [1.29, 1.82) is 0 Å². The van der Waals surface area contributed by atoms with E-state index in [4.69, 9.17) is 0 Å². The van der Waals surface area contributed by atoms with Gasteiger partial charge in [0.05, 0.1) is 6.20 Å². The van der Waals surface area contributed by atoms with Crippen LogP contribution in [0.15, 0.2) is 12.4 Å². The predicted molar refractivity (Wildman–Crippen MR) is 64.1 cm³/mol. The molecular weight excluding hydrogens is 186 g/mol. The molecular formula is C12H23N3. The highest BCUT2D eigenvalue weighted by molar-refractivity contribution is 5.10. The standard InChI is InChI=1S/C12H23N3/c1-5-13-11(4)7-10(3)12-8-14-15(6-2)9-12/h8-11,13H,5-7H2,1-4H3. The van der Waals surface area contributed by atoms with Gasteiger partial charge in [0.1, 0.15) is 0 Å². The Labute approximate surface area is 92.9 Å². The Balaban J connectivity index is 2.49. The Morgan fingerprint density at radius 2 is 2.13 bits per heavy atom. The first kappa shape index (κ1) is 12.2. The van der Waals surface area contributed by atoms with Crippen molar-refractivity contribution in [3.05, 3.63) is 18.0 Å². The van der Waals surface area contributed by atoms with Crippen molar-refractivity contribution in [2.45, 2.75) is 52.6 Å². The van der Waals surface area contributed by atoms with Gasteiger partial charge in [-0.25, -0.2) is 0 Å². The summed E-state index contributed by atoms with van der Waals surface area (Å²) in [6, 6.07) is 0.579. The second kappa shape index (κ2) is 5.91. The molecule has 0 aliphatic carbocycles. The van der Waals surface area contributed by atoms with Gasteiger partial charge in [0.2, 0.25) is 0 Å². The van der Waals surface area contributed by atoms with Gasteiger partial charge in [-0.3, -0.25) is 4.68 Å². The van der Waals surface area contributed by atoms with Crippen LogP contribution in [0.25, 0.3) is 0 Å². The molecule has 15 heavy (non-hydrogen) atoms. The quantitative estimate of drug-likeness (QED) is 0.779. The summed E-state index contributed by atoms with van der Waals surface area (Å²) in [7, 11) is 0. The van der Waals surface area contributed by atoms with Crippen LogP contribution in [0.3, 0.4) is 0 Å². The lowest BCUT2D eigenvalue weighted by molar-refractivity contribution is 0.491. The highest BCUT2D eigenvalue weighted by atomic mass is 15.3. The van der Waals surface area contributed by atoms with Gasteiger partial charge in [-0.05, 0) is 38.3 Å². The van der Waals surface area contributed by atoms with E-state index in [-0.39, 0.29) is 0 Å². The zero-order chi connectivity index (χ0) is 11.3. The average Bonchev–Trinajstić information content (AvgIpc) is 2.66. The highest BCUT2D eigenvalue weighted by Crippen LogP contribution is 2.19. The first-order chi connectivity index (χ1) is 7.17. The van der Waals surface area contributed by atoms with Crippen molar-refractivity contribution in [2.24, 2.45) is 0 Å². The molecule has 0 aliphatic rings. The van der Waals surface area contributed by atoms with Gasteiger partial charge in [-0.2, -0.15) is 5.10 Å². The molecule has 0 radical (unpaired) electrons. The number of hydrogen-bond donors (Lipinski definition) is 1. The van der Waals surface area contributed by atoms with Crippen molar-refractivity contribution in [2.75, 3.05) is 6.54 Å². The molecule has 0 bridgehead atoms. The van der Waals surface area contributed by atoms with Gasteiger partial charge in [0.15, 0.2) is 0 Å². The summed E-state index contributed by atoms with van der Waals surface area (Å²) in [6.45, 7) is 10.8. The molecule has 3 heteroatoms. The van der Waals surface area contributed by atoms with E-state index in [2.05, 4.69) is 44.3 Å². The maximum atomic E-state index is 4.31. The van der Waals surface area contributed by atoms with E-state index >= 15 is 0 Å². The molecule has 3 nitrogen and oxygen atoms in total. The lowest BCUT2D eigenvalue weighted by Crippen LogP contribution is -2.26. The van der Waals surface area contributed by atoms with Crippen LogP contribution in [-0.4, -0.2) is 22.4 Å². The van der Waals surface area contributed by atoms with Gasteiger partial charge in [0, 0.05) is 18.8 Å². The first-order valence-corrected chi connectivity index (χ1v) is 5.93. The maximum absolute atomic E-state index is 4.31. The van der Waals surface area contributed by atoms with Crippen LogP contribution < -0.4 is 5.32 Å². The third-order valence-corrected chi connectivity index (χ3v) is 2.81. The van der Waals surface area contributed by atoms with E-state index in [0.29, 0.717) is 12.0 Å². The topological polar surface area (TPSA) is 29.9 Å². The van der Waals surface area contributed by atoms with Gasteiger partial charge in [-0.1, -0.05) is 13.8 Å². The number of hydrogen-bond acceptors (Lipinski definition) is 2. The first-order valence-electron chi connectivity index (χ1n) is 5.93. The van der Waals surface area contributed by atoms with Gasteiger partial charge in [0.25, 0.3) is 0 Å². The van der Waals surface area contributed by atoms with Crippen LogP contribution in [-0.2, 0) is 6.54 Å². The Hall–Kier alpha value is -0.830. The summed E-state index contributed by atoms with van der Waals surface area (Å²) in [5, 5.41) is 7.74. The van der Waals surface area contributed by atoms with Crippen molar-refractivity contribution >= 4 is 0 Å². The Kier molecular flexibility index (Phi) is 4.82. The van der Waals surface area contributed by atoms with Crippen LogP contribution in [0.5, 0.6) is 0 Å². The van der Waals surface area contributed by atoms with E-state index in [1.165, 1.54) is 12.0 Å². The van der Waals surface area contributed by atoms with Crippen LogP contribution >= 0.6 is 0 Å². The second-order valence-electron chi connectivity index (χ2n) is 4.22. The summed E-state index contributed by atoms with van der Waals surface area (Å²) >= 11 is 0. The number of rotatable bonds is 6. The van der Waals surface area contributed by atoms with Crippen molar-refractivity contribution in [3.63, 3.8) is 0 Å². The summed E-state index contributed by atoms with van der Waals surface area (Å²) < 4.78 is 1.99. The summed E-state index contributed by atoms with van der Waals surface area (Å²) in [6.07, 6.45) is 5.32. The van der Waals surface area contributed by atoms with Crippen LogP contribution in [0.1, 0.15) is 45.6 Å². The Bertz CT molecular complexity index is 280. The minimum atomic E-state index is 0.579. The minimum Gasteiger partial charge on any atom is -0.315 e. The van der Waals surface area contributed by atoms with Gasteiger partial charge >= 0.3 is 0 Å². The highest BCUT2D eigenvalue weighted by Gasteiger charge is 2.11. The van der Waals surface area contributed by atoms with E-state index in [1.54, 1.807) is 0 Å². The normalized spacial score (nSPS) is 15.2. The number of nitrogens with zero attached hydrogens (tertiary/aromatic N) is 2. The molecule has 1 aromatic rings. The van der Waals surface area contributed by atoms with E-state index in [1.807, 2.05) is 10.9 Å². The van der Waals surface area contributed by atoms with Crippen molar-refractivity contribution < 1.29 is 0 Å². The fourth-order valence-electron chi connectivity index (χ4n) is 1.91. The largest absolute Gasteiger partial charge is 0.315 e. The molecule has 1 aromatic heterocycles. The van der Waals surface area contributed by atoms with Gasteiger partial charge < -0.3 is 5.32 Å². The molecule has 1 heterocycles. The molecule has 1 rings (SSSR count). The van der Waals surface area contributed by atoms with Crippen molar-refractivity contribution in [1.82, 2.24) is 15.1 Å². The SMILES string of the molecule is CCNC(C)CC(C)c1cnn(CC)c1. The molecule has 0 aromatic carbocycles. The van der Waals surface area contributed by atoms with Crippen molar-refractivity contribution in [3.8, 4) is 0 Å². The number of aryl methyl sites for hydroxylation is 1. The smallest absolute Gasteiger partial charge is 0.0524 e. The second-order valence-corrected chi connectivity index (χ2v) is 4.22. The lowest BCUT2D eigenvalue weighted by atomic mass is 9.97. The third kappa shape index (κ3) is 3.67. The molecule has 0 spiro atoms. The predicted octanol–water partition coefficient (Wildman–Crippen LogP) is 2.39. The number of aromatic nitrogens is 2. The van der Waals surface area contributed by atoms with Crippen LogP contribution in [0.2, 0.25) is 0 Å². The molecule has 1 N–H and O–H groups in total. The van der Waals surface area contributed by atoms with Crippen LogP contribution in [0, 0.1) is 0 Å². The molecule has 0 aliphatic heterocycles. The summed E-state index contributed by atoms with van der Waals surface area (Å²) in [5.74, 6) is 0.583. The fraction of sp³-hybridized carbons (Fsp3) is 0.750. The van der Waals surface area contributed by atoms with E-state index in [0.717, 1.165) is 13.1 Å². The van der Waals surface area contributed by atoms with Crippen LogP contribution in [0.4, 0.5) is 0 Å². The van der Waals surface area contributed by atoms with E-state index < -0.39 is 0 Å². The Morgan fingerprint density at radius 3 is 2.67 bits per heavy atom. The molecule has 2 atom stereocenters. The molecule has 0 saturated heterocycles. The molecule has 0 saturated carbocycles. The average molecular weight is 209 g/mol. The molecule has 86 valence electrons. The fourth-order valence-corrected chi connectivity index (χ4v) is 1.91. The lowest BCUT2D eigenvalue weighted by Gasteiger charge is -2.16. The third-order valence-electron chi connectivity index (χ3n) is 2.81.